The minimum atomic E-state index is 0. The number of carbonyl (C=O) groups excluding carboxylic acids is 1. The van der Waals surface area contributed by atoms with Gasteiger partial charge in [-0.25, -0.2) is 0 Å². The lowest BCUT2D eigenvalue weighted by molar-refractivity contribution is 0.0720. The van der Waals surface area contributed by atoms with Crippen molar-refractivity contribution in [2.45, 2.75) is 39.2 Å². The summed E-state index contributed by atoms with van der Waals surface area (Å²) in [4.78, 5) is 14.5. The Morgan fingerprint density at radius 2 is 1.95 bits per heavy atom. The van der Waals surface area contributed by atoms with Gasteiger partial charge < -0.3 is 10.2 Å². The predicted molar refractivity (Wildman–Crippen MR) is 85.8 cm³/mol. The second kappa shape index (κ2) is 7.65. The van der Waals surface area contributed by atoms with Gasteiger partial charge in [-0.15, -0.1) is 12.4 Å². The zero-order valence-electron chi connectivity index (χ0n) is 12.6. The van der Waals surface area contributed by atoms with E-state index in [2.05, 4.69) is 19.2 Å². The minimum Gasteiger partial charge on any atom is -0.339 e. The van der Waals surface area contributed by atoms with E-state index in [0.29, 0.717) is 6.04 Å². The highest BCUT2D eigenvalue weighted by Crippen LogP contribution is 2.17. The van der Waals surface area contributed by atoms with Crippen molar-refractivity contribution < 1.29 is 4.79 Å². The Bertz CT molecular complexity index is 454. The van der Waals surface area contributed by atoms with Gasteiger partial charge in [0.05, 0.1) is 0 Å². The molecule has 0 saturated carbocycles. The van der Waals surface area contributed by atoms with Crippen LogP contribution in [0.15, 0.2) is 18.2 Å². The van der Waals surface area contributed by atoms with Crippen molar-refractivity contribution in [1.82, 2.24) is 10.2 Å². The molecule has 1 fully saturated rings. The summed E-state index contributed by atoms with van der Waals surface area (Å²) in [6.45, 7) is 6.21. The molecule has 0 bridgehead atoms. The third kappa shape index (κ3) is 3.97. The number of nitrogens with one attached hydrogen (secondary N) is 1. The molecule has 1 aliphatic rings. The molecule has 20 heavy (non-hydrogen) atoms. The maximum Gasteiger partial charge on any atom is 0.253 e. The number of halogens is 1. The first-order valence-corrected chi connectivity index (χ1v) is 7.14. The van der Waals surface area contributed by atoms with E-state index in [0.717, 1.165) is 37.9 Å². The van der Waals surface area contributed by atoms with Crippen LogP contribution in [0.5, 0.6) is 0 Å². The van der Waals surface area contributed by atoms with Gasteiger partial charge in [-0.2, -0.15) is 0 Å². The van der Waals surface area contributed by atoms with Crippen LogP contribution in [-0.2, 0) is 0 Å². The van der Waals surface area contributed by atoms with Gasteiger partial charge in [-0.3, -0.25) is 4.79 Å². The molecule has 1 heterocycles. The molecule has 1 N–H and O–H groups in total. The topological polar surface area (TPSA) is 32.3 Å². The predicted octanol–water partition coefficient (Wildman–Crippen LogP) is 2.94. The average molecular weight is 297 g/mol. The number of aryl methyl sites for hydroxylation is 2. The first-order valence-electron chi connectivity index (χ1n) is 7.14. The van der Waals surface area contributed by atoms with Crippen LogP contribution in [0, 0.1) is 13.8 Å². The van der Waals surface area contributed by atoms with Crippen molar-refractivity contribution in [3.63, 3.8) is 0 Å². The van der Waals surface area contributed by atoms with Crippen LogP contribution >= 0.6 is 12.4 Å². The molecule has 0 spiro atoms. The molecule has 1 saturated heterocycles. The molecule has 1 unspecified atom stereocenters. The van der Waals surface area contributed by atoms with Gasteiger partial charge in [0.1, 0.15) is 0 Å². The van der Waals surface area contributed by atoms with E-state index in [-0.39, 0.29) is 18.3 Å². The Morgan fingerprint density at radius 1 is 1.20 bits per heavy atom. The van der Waals surface area contributed by atoms with Crippen molar-refractivity contribution in [2.24, 2.45) is 0 Å². The minimum absolute atomic E-state index is 0. The van der Waals surface area contributed by atoms with Crippen molar-refractivity contribution in [2.75, 3.05) is 20.1 Å². The van der Waals surface area contributed by atoms with Crippen LogP contribution < -0.4 is 5.32 Å². The summed E-state index contributed by atoms with van der Waals surface area (Å²) < 4.78 is 0. The molecular formula is C16H25ClN2O. The van der Waals surface area contributed by atoms with Crippen LogP contribution in [0.2, 0.25) is 0 Å². The lowest BCUT2D eigenvalue weighted by Gasteiger charge is -2.27. The summed E-state index contributed by atoms with van der Waals surface area (Å²) in [5.74, 6) is 0.148. The van der Waals surface area contributed by atoms with Crippen LogP contribution in [0.3, 0.4) is 0 Å². The van der Waals surface area contributed by atoms with Crippen molar-refractivity contribution in [1.29, 1.82) is 0 Å². The Morgan fingerprint density at radius 3 is 2.65 bits per heavy atom. The van der Waals surface area contributed by atoms with Gasteiger partial charge in [0, 0.05) is 18.7 Å². The molecule has 1 amide bonds. The maximum atomic E-state index is 12.5. The highest BCUT2D eigenvalue weighted by atomic mass is 35.5. The largest absolute Gasteiger partial charge is 0.339 e. The Hall–Kier alpha value is -1.06. The molecule has 112 valence electrons. The molecule has 4 heteroatoms. The van der Waals surface area contributed by atoms with Crippen LogP contribution in [0.1, 0.15) is 40.7 Å². The zero-order chi connectivity index (χ0) is 13.8. The molecule has 0 radical (unpaired) electrons. The SMILES string of the molecule is Cc1ccc(C(=O)N(C)C2CCCNCC2)cc1C.Cl. The average Bonchev–Trinajstić information content (AvgIpc) is 2.69. The van der Waals surface area contributed by atoms with E-state index in [4.69, 9.17) is 0 Å². The van der Waals surface area contributed by atoms with E-state index >= 15 is 0 Å². The molecule has 1 aromatic rings. The number of rotatable bonds is 2. The molecule has 1 aromatic carbocycles. The molecular weight excluding hydrogens is 272 g/mol. The zero-order valence-corrected chi connectivity index (χ0v) is 13.4. The summed E-state index contributed by atoms with van der Waals surface area (Å²) >= 11 is 0. The van der Waals surface area contributed by atoms with Gasteiger partial charge in [0.2, 0.25) is 0 Å². The van der Waals surface area contributed by atoms with Crippen molar-refractivity contribution >= 4 is 18.3 Å². The normalized spacial score (nSPS) is 18.9. The fourth-order valence-electron chi connectivity index (χ4n) is 2.63. The number of hydrogen-bond donors (Lipinski definition) is 1. The second-order valence-corrected chi connectivity index (χ2v) is 5.55. The number of hydrogen-bond acceptors (Lipinski definition) is 2. The molecule has 3 nitrogen and oxygen atoms in total. The van der Waals surface area contributed by atoms with E-state index < -0.39 is 0 Å². The van der Waals surface area contributed by atoms with Gasteiger partial charge in [-0.1, -0.05) is 6.07 Å². The third-order valence-electron chi connectivity index (χ3n) is 4.17. The molecule has 0 aromatic heterocycles. The lowest BCUT2D eigenvalue weighted by atomic mass is 10.0. The third-order valence-corrected chi connectivity index (χ3v) is 4.17. The monoisotopic (exact) mass is 296 g/mol. The van der Waals surface area contributed by atoms with Crippen LogP contribution in [0.4, 0.5) is 0 Å². The Labute approximate surface area is 128 Å². The summed E-state index contributed by atoms with van der Waals surface area (Å²) in [5.41, 5.74) is 3.22. The molecule has 2 rings (SSSR count). The lowest BCUT2D eigenvalue weighted by Crippen LogP contribution is -2.37. The first kappa shape index (κ1) is 17.0. The number of benzene rings is 1. The molecule has 1 atom stereocenters. The van der Waals surface area contributed by atoms with E-state index in [1.54, 1.807) is 0 Å². The Balaban J connectivity index is 0.00000200. The maximum absolute atomic E-state index is 12.5. The summed E-state index contributed by atoms with van der Waals surface area (Å²) in [5, 5.41) is 3.39. The number of amides is 1. The quantitative estimate of drug-likeness (QED) is 0.910. The fourth-order valence-corrected chi connectivity index (χ4v) is 2.63. The van der Waals surface area contributed by atoms with Gasteiger partial charge in [-0.05, 0) is 69.5 Å². The van der Waals surface area contributed by atoms with Crippen LogP contribution in [-0.4, -0.2) is 37.0 Å². The van der Waals surface area contributed by atoms with Crippen molar-refractivity contribution in [3.8, 4) is 0 Å². The Kier molecular flexibility index (Phi) is 6.50. The summed E-state index contributed by atoms with van der Waals surface area (Å²) in [6, 6.07) is 6.34. The number of carbonyl (C=O) groups is 1. The van der Waals surface area contributed by atoms with E-state index in [1.807, 2.05) is 30.1 Å². The highest BCUT2D eigenvalue weighted by Gasteiger charge is 2.22. The number of nitrogens with zero attached hydrogens (tertiary/aromatic N) is 1. The molecule has 1 aliphatic heterocycles. The van der Waals surface area contributed by atoms with Crippen molar-refractivity contribution in [3.05, 3.63) is 34.9 Å². The standard InChI is InChI=1S/C16H24N2O.ClH/c1-12-6-7-14(11-13(12)2)16(19)18(3)15-5-4-9-17-10-8-15;/h6-7,11,15,17H,4-5,8-10H2,1-3H3;1H. The highest BCUT2D eigenvalue weighted by molar-refractivity contribution is 5.94. The van der Waals surface area contributed by atoms with Crippen LogP contribution in [0.25, 0.3) is 0 Å². The fraction of sp³-hybridized carbons (Fsp3) is 0.562. The molecule has 0 aliphatic carbocycles. The van der Waals surface area contributed by atoms with Gasteiger partial charge in [0.15, 0.2) is 0 Å². The smallest absolute Gasteiger partial charge is 0.253 e. The first-order chi connectivity index (χ1) is 9.09. The van der Waals surface area contributed by atoms with Gasteiger partial charge >= 0.3 is 0 Å². The van der Waals surface area contributed by atoms with E-state index in [9.17, 15) is 4.79 Å². The summed E-state index contributed by atoms with van der Waals surface area (Å²) in [7, 11) is 1.94. The van der Waals surface area contributed by atoms with Gasteiger partial charge in [0.25, 0.3) is 5.91 Å². The summed E-state index contributed by atoms with van der Waals surface area (Å²) in [6.07, 6.45) is 3.29. The van der Waals surface area contributed by atoms with E-state index in [1.165, 1.54) is 11.1 Å². The second-order valence-electron chi connectivity index (χ2n) is 5.55.